The molecule has 0 bridgehead atoms. The van der Waals surface area contributed by atoms with Crippen molar-refractivity contribution < 1.29 is 9.59 Å². The molecule has 0 radical (unpaired) electrons. The minimum atomic E-state index is -0.299. The minimum absolute atomic E-state index is 0.111. The van der Waals surface area contributed by atoms with Gasteiger partial charge in [-0.25, -0.2) is 0 Å². The van der Waals surface area contributed by atoms with Gasteiger partial charge in [-0.05, 0) is 44.6 Å². The third kappa shape index (κ3) is 4.78. The van der Waals surface area contributed by atoms with E-state index in [9.17, 15) is 9.59 Å². The van der Waals surface area contributed by atoms with Gasteiger partial charge in [0.1, 0.15) is 0 Å². The molecule has 1 heterocycles. The molecule has 1 saturated heterocycles. The Bertz CT molecular complexity index is 344. The van der Waals surface area contributed by atoms with Crippen LogP contribution in [-0.2, 0) is 9.59 Å². The average Bonchev–Trinajstić information content (AvgIpc) is 2.37. The Morgan fingerprint density at radius 1 is 1.30 bits per heavy atom. The summed E-state index contributed by atoms with van der Waals surface area (Å²) in [5, 5.41) is 0. The van der Waals surface area contributed by atoms with E-state index in [2.05, 4.69) is 13.8 Å². The molecule has 1 aliphatic rings. The highest BCUT2D eigenvalue weighted by atomic mass is 16.2. The number of likely N-dealkylation sites (tertiary alicyclic amines) is 1. The van der Waals surface area contributed by atoms with Gasteiger partial charge in [-0.3, -0.25) is 9.59 Å². The molecular formula is C15H29N3O2. The van der Waals surface area contributed by atoms with Gasteiger partial charge in [0.05, 0.1) is 5.92 Å². The maximum absolute atomic E-state index is 12.4. The molecule has 20 heavy (non-hydrogen) atoms. The van der Waals surface area contributed by atoms with Gasteiger partial charge in [-0.15, -0.1) is 0 Å². The first-order chi connectivity index (χ1) is 9.35. The van der Waals surface area contributed by atoms with E-state index in [1.807, 2.05) is 11.8 Å². The van der Waals surface area contributed by atoms with Gasteiger partial charge >= 0.3 is 0 Å². The summed E-state index contributed by atoms with van der Waals surface area (Å²) in [5.41, 5.74) is 11.1. The van der Waals surface area contributed by atoms with Crippen LogP contribution in [0.5, 0.6) is 0 Å². The monoisotopic (exact) mass is 283 g/mol. The van der Waals surface area contributed by atoms with E-state index in [0.717, 1.165) is 19.3 Å². The van der Waals surface area contributed by atoms with Gasteiger partial charge in [0.15, 0.2) is 0 Å². The highest BCUT2D eigenvalue weighted by molar-refractivity contribution is 5.80. The second-order valence-corrected chi connectivity index (χ2v) is 6.51. The summed E-state index contributed by atoms with van der Waals surface area (Å²) in [7, 11) is 0. The van der Waals surface area contributed by atoms with Gasteiger partial charge in [0.25, 0.3) is 0 Å². The molecule has 0 aromatic rings. The van der Waals surface area contributed by atoms with E-state index >= 15 is 0 Å². The number of hydrogen-bond acceptors (Lipinski definition) is 3. The molecule has 116 valence electrons. The summed E-state index contributed by atoms with van der Waals surface area (Å²) in [6.45, 7) is 7.31. The number of nitrogens with two attached hydrogens (primary N) is 2. The van der Waals surface area contributed by atoms with E-state index in [1.165, 1.54) is 0 Å². The van der Waals surface area contributed by atoms with Crippen LogP contribution in [0.2, 0.25) is 0 Å². The summed E-state index contributed by atoms with van der Waals surface area (Å²) in [6, 6.07) is 0.190. The number of nitrogens with zero attached hydrogens (tertiary/aromatic N) is 1. The minimum Gasteiger partial charge on any atom is -0.369 e. The van der Waals surface area contributed by atoms with Crippen LogP contribution in [0.15, 0.2) is 0 Å². The Hall–Kier alpha value is -1.10. The maximum Gasteiger partial charge on any atom is 0.223 e. The Balaban J connectivity index is 2.61. The standard InChI is InChI=1S/C15H29N3O2/c1-10(2)6-12(8-16)7-14(19)18-9-13(15(17)20)5-4-11(18)3/h10-13H,4-9,16H2,1-3H3,(H2,17,20)/t11?,12-,13?/m0/s1. The van der Waals surface area contributed by atoms with Gasteiger partial charge in [0.2, 0.25) is 11.8 Å². The number of carbonyl (C=O) groups is 2. The van der Waals surface area contributed by atoms with E-state index < -0.39 is 0 Å². The highest BCUT2D eigenvalue weighted by Gasteiger charge is 2.32. The van der Waals surface area contributed by atoms with Gasteiger partial charge < -0.3 is 16.4 Å². The zero-order valence-electron chi connectivity index (χ0n) is 13.0. The number of hydrogen-bond donors (Lipinski definition) is 2. The van der Waals surface area contributed by atoms with E-state index in [0.29, 0.717) is 25.4 Å². The molecule has 2 amide bonds. The fourth-order valence-electron chi connectivity index (χ4n) is 2.98. The number of carbonyl (C=O) groups excluding carboxylic acids is 2. The maximum atomic E-state index is 12.4. The molecule has 2 unspecified atom stereocenters. The molecule has 0 aliphatic carbocycles. The average molecular weight is 283 g/mol. The van der Waals surface area contributed by atoms with Gasteiger partial charge in [-0.2, -0.15) is 0 Å². The summed E-state index contributed by atoms with van der Waals surface area (Å²) >= 11 is 0. The van der Waals surface area contributed by atoms with Crippen molar-refractivity contribution >= 4 is 11.8 Å². The summed E-state index contributed by atoms with van der Waals surface area (Å²) in [4.78, 5) is 25.6. The molecule has 4 N–H and O–H groups in total. The van der Waals surface area contributed by atoms with Crippen LogP contribution < -0.4 is 11.5 Å². The Labute approximate surface area is 122 Å². The van der Waals surface area contributed by atoms with Crippen LogP contribution in [-0.4, -0.2) is 35.8 Å². The van der Waals surface area contributed by atoms with Crippen LogP contribution >= 0.6 is 0 Å². The zero-order chi connectivity index (χ0) is 15.3. The quantitative estimate of drug-likeness (QED) is 0.765. The molecule has 3 atom stereocenters. The molecule has 0 aromatic heterocycles. The topological polar surface area (TPSA) is 89.4 Å². The molecule has 0 saturated carbocycles. The molecule has 0 spiro atoms. The van der Waals surface area contributed by atoms with Crippen molar-refractivity contribution in [3.8, 4) is 0 Å². The predicted octanol–water partition coefficient (Wildman–Crippen LogP) is 1.11. The lowest BCUT2D eigenvalue weighted by atomic mass is 9.90. The molecular weight excluding hydrogens is 254 g/mol. The SMILES string of the molecule is CC(C)C[C@H](CN)CC(=O)N1CC(C(N)=O)CCC1C. The first-order valence-corrected chi connectivity index (χ1v) is 7.64. The number of amides is 2. The van der Waals surface area contributed by atoms with Crippen molar-refractivity contribution in [1.82, 2.24) is 4.90 Å². The second-order valence-electron chi connectivity index (χ2n) is 6.51. The molecule has 5 nitrogen and oxygen atoms in total. The summed E-state index contributed by atoms with van der Waals surface area (Å²) < 4.78 is 0. The summed E-state index contributed by atoms with van der Waals surface area (Å²) in [6.07, 6.45) is 3.07. The molecule has 1 aliphatic heterocycles. The van der Waals surface area contributed by atoms with Crippen LogP contribution in [0.1, 0.15) is 46.5 Å². The van der Waals surface area contributed by atoms with Crippen molar-refractivity contribution in [2.75, 3.05) is 13.1 Å². The smallest absolute Gasteiger partial charge is 0.223 e. The normalized spacial score (nSPS) is 24.8. The fourth-order valence-corrected chi connectivity index (χ4v) is 2.98. The lowest BCUT2D eigenvalue weighted by Crippen LogP contribution is -2.49. The van der Waals surface area contributed by atoms with E-state index in [-0.39, 0.29) is 29.7 Å². The van der Waals surface area contributed by atoms with Gasteiger partial charge in [0, 0.05) is 19.0 Å². The lowest BCUT2D eigenvalue weighted by Gasteiger charge is -2.37. The Kier molecular flexibility index (Phi) is 6.46. The number of primary amides is 1. The summed E-state index contributed by atoms with van der Waals surface area (Å²) in [5.74, 6) is 0.375. The van der Waals surface area contributed by atoms with Crippen LogP contribution in [0, 0.1) is 17.8 Å². The zero-order valence-corrected chi connectivity index (χ0v) is 13.0. The highest BCUT2D eigenvalue weighted by Crippen LogP contribution is 2.24. The van der Waals surface area contributed by atoms with Crippen molar-refractivity contribution in [3.63, 3.8) is 0 Å². The first-order valence-electron chi connectivity index (χ1n) is 7.64. The second kappa shape index (κ2) is 7.62. The van der Waals surface area contributed by atoms with Crippen molar-refractivity contribution in [1.29, 1.82) is 0 Å². The Morgan fingerprint density at radius 3 is 2.45 bits per heavy atom. The third-order valence-electron chi connectivity index (χ3n) is 4.21. The molecule has 1 rings (SSSR count). The lowest BCUT2D eigenvalue weighted by molar-refractivity contribution is -0.138. The van der Waals surface area contributed by atoms with Crippen molar-refractivity contribution in [2.45, 2.75) is 52.5 Å². The van der Waals surface area contributed by atoms with Crippen LogP contribution in [0.25, 0.3) is 0 Å². The number of rotatable bonds is 6. The number of piperidine rings is 1. The van der Waals surface area contributed by atoms with Crippen LogP contribution in [0.4, 0.5) is 0 Å². The largest absolute Gasteiger partial charge is 0.369 e. The first kappa shape index (κ1) is 17.0. The van der Waals surface area contributed by atoms with E-state index in [1.54, 1.807) is 0 Å². The van der Waals surface area contributed by atoms with Crippen LogP contribution in [0.3, 0.4) is 0 Å². The third-order valence-corrected chi connectivity index (χ3v) is 4.21. The predicted molar refractivity (Wildman–Crippen MR) is 79.7 cm³/mol. The van der Waals surface area contributed by atoms with E-state index in [4.69, 9.17) is 11.5 Å². The Morgan fingerprint density at radius 2 is 1.95 bits per heavy atom. The van der Waals surface area contributed by atoms with Crippen molar-refractivity contribution in [3.05, 3.63) is 0 Å². The molecule has 0 aromatic carbocycles. The molecule has 1 fully saturated rings. The molecule has 5 heteroatoms. The fraction of sp³-hybridized carbons (Fsp3) is 0.867. The van der Waals surface area contributed by atoms with Gasteiger partial charge in [-0.1, -0.05) is 13.8 Å². The van der Waals surface area contributed by atoms with Crippen molar-refractivity contribution in [2.24, 2.45) is 29.2 Å².